The fourth-order valence-corrected chi connectivity index (χ4v) is 3.98. The SMILES string of the molecule is NC(=CC(=Nc1ccccc1Cl)c1ccc(C(=O)NC(N)=NS(=O)(=O)c2ccc(N)cc2)cc1)C(F)(F)F. The maximum Gasteiger partial charge on any atom is 0.430 e. The van der Waals surface area contributed by atoms with Gasteiger partial charge in [-0.25, -0.2) is 4.99 Å². The molecule has 0 aliphatic carbocycles. The molecule has 3 aromatic carbocycles. The molecule has 3 rings (SSSR count). The van der Waals surface area contributed by atoms with Crippen LogP contribution in [-0.4, -0.2) is 32.2 Å². The summed E-state index contributed by atoms with van der Waals surface area (Å²) in [5, 5.41) is 2.34. The Morgan fingerprint density at radius 2 is 1.50 bits per heavy atom. The Bertz CT molecular complexity index is 1540. The van der Waals surface area contributed by atoms with Gasteiger partial charge in [-0.1, -0.05) is 35.9 Å². The zero-order valence-electron chi connectivity index (χ0n) is 19.3. The third-order valence-electron chi connectivity index (χ3n) is 4.79. The minimum Gasteiger partial charge on any atom is -0.399 e. The summed E-state index contributed by atoms with van der Waals surface area (Å²) in [6.45, 7) is 0. The van der Waals surface area contributed by atoms with Gasteiger partial charge in [0.15, 0.2) is 0 Å². The van der Waals surface area contributed by atoms with Crippen molar-refractivity contribution in [2.75, 3.05) is 5.73 Å². The average Bonchev–Trinajstić information content (AvgIpc) is 2.84. The molecule has 0 fully saturated rings. The number of para-hydroxylation sites is 1. The molecule has 38 heavy (non-hydrogen) atoms. The quantitative estimate of drug-likeness (QED) is 0.201. The van der Waals surface area contributed by atoms with Crippen LogP contribution in [0.2, 0.25) is 5.02 Å². The standard InChI is InChI=1S/C24H20ClF3N6O3S/c25-18-3-1-2-4-19(18)32-20(13-21(30)24(26,27)28)14-5-7-15(8-6-14)22(35)33-23(31)34-38(36,37)17-11-9-16(29)10-12-17/h1-13H,29-30H2,(H3,31,33,34,35). The molecule has 1 amide bonds. The maximum atomic E-state index is 13.1. The van der Waals surface area contributed by atoms with E-state index in [2.05, 4.69) is 14.7 Å². The van der Waals surface area contributed by atoms with Gasteiger partial charge in [-0.2, -0.15) is 21.6 Å². The number of nitrogens with one attached hydrogen (secondary N) is 1. The van der Waals surface area contributed by atoms with E-state index < -0.39 is 33.8 Å². The lowest BCUT2D eigenvalue weighted by molar-refractivity contribution is -0.0925. The van der Waals surface area contributed by atoms with Gasteiger partial charge >= 0.3 is 6.18 Å². The van der Waals surface area contributed by atoms with Gasteiger partial charge in [-0.05, 0) is 54.6 Å². The van der Waals surface area contributed by atoms with Gasteiger partial charge in [-0.15, -0.1) is 4.40 Å². The molecule has 0 saturated carbocycles. The largest absolute Gasteiger partial charge is 0.430 e. The molecule has 0 atom stereocenters. The number of nitrogen functional groups attached to an aromatic ring is 1. The normalized spacial score (nSPS) is 13.3. The van der Waals surface area contributed by atoms with Gasteiger partial charge in [0.1, 0.15) is 5.70 Å². The fraction of sp³-hybridized carbons (Fsp3) is 0.0417. The third-order valence-corrected chi connectivity index (χ3v) is 6.42. The van der Waals surface area contributed by atoms with Gasteiger partial charge in [0, 0.05) is 16.8 Å². The van der Waals surface area contributed by atoms with Crippen LogP contribution in [-0.2, 0) is 10.0 Å². The Morgan fingerprint density at radius 3 is 2.08 bits per heavy atom. The summed E-state index contributed by atoms with van der Waals surface area (Å²) in [5.41, 5.74) is 15.5. The van der Waals surface area contributed by atoms with Crippen molar-refractivity contribution in [2.45, 2.75) is 11.1 Å². The first-order valence-corrected chi connectivity index (χ1v) is 12.3. The van der Waals surface area contributed by atoms with Crippen LogP contribution in [0, 0.1) is 0 Å². The van der Waals surface area contributed by atoms with Crippen LogP contribution in [0.1, 0.15) is 15.9 Å². The minimum atomic E-state index is -4.80. The van der Waals surface area contributed by atoms with Crippen LogP contribution >= 0.6 is 11.6 Å². The third kappa shape index (κ3) is 7.33. The lowest BCUT2D eigenvalue weighted by Gasteiger charge is -2.10. The number of amides is 1. The van der Waals surface area contributed by atoms with Gasteiger partial charge < -0.3 is 17.2 Å². The molecule has 0 aliphatic rings. The lowest BCUT2D eigenvalue weighted by atomic mass is 10.1. The number of carbonyl (C=O) groups excluding carboxylic acids is 1. The first-order valence-electron chi connectivity index (χ1n) is 10.5. The number of nitrogens with two attached hydrogens (primary N) is 3. The van der Waals surface area contributed by atoms with E-state index in [4.69, 9.17) is 28.8 Å². The van der Waals surface area contributed by atoms with E-state index in [1.807, 2.05) is 0 Å². The number of nitrogens with zero attached hydrogens (tertiary/aromatic N) is 2. The zero-order valence-corrected chi connectivity index (χ0v) is 20.8. The van der Waals surface area contributed by atoms with Crippen molar-refractivity contribution in [1.29, 1.82) is 0 Å². The minimum absolute atomic E-state index is 0.00153. The van der Waals surface area contributed by atoms with Crippen LogP contribution in [0.15, 0.2) is 98.9 Å². The molecule has 0 radical (unpaired) electrons. The number of alkyl halides is 3. The zero-order chi connectivity index (χ0) is 28.1. The number of anilines is 1. The molecule has 7 N–H and O–H groups in total. The summed E-state index contributed by atoms with van der Waals surface area (Å²) >= 11 is 6.08. The van der Waals surface area contributed by atoms with Crippen molar-refractivity contribution < 1.29 is 26.4 Å². The molecule has 0 aromatic heterocycles. The van der Waals surface area contributed by atoms with Crippen molar-refractivity contribution >= 4 is 50.6 Å². The number of halogens is 4. The molecule has 14 heteroatoms. The second-order valence-corrected chi connectivity index (χ2v) is 9.61. The van der Waals surface area contributed by atoms with E-state index in [0.29, 0.717) is 11.8 Å². The molecule has 0 aliphatic heterocycles. The summed E-state index contributed by atoms with van der Waals surface area (Å²) in [5.74, 6) is -1.52. The fourth-order valence-electron chi connectivity index (χ4n) is 2.91. The van der Waals surface area contributed by atoms with E-state index >= 15 is 0 Å². The number of sulfonamides is 1. The topological polar surface area (TPSA) is 166 Å². The highest BCUT2D eigenvalue weighted by Crippen LogP contribution is 2.27. The van der Waals surface area contributed by atoms with Crippen molar-refractivity contribution in [2.24, 2.45) is 20.9 Å². The van der Waals surface area contributed by atoms with Crippen LogP contribution in [0.4, 0.5) is 24.5 Å². The van der Waals surface area contributed by atoms with E-state index in [1.165, 1.54) is 60.7 Å². The first-order chi connectivity index (χ1) is 17.8. The average molecular weight is 565 g/mol. The van der Waals surface area contributed by atoms with Gasteiger partial charge in [0.05, 0.1) is 21.3 Å². The van der Waals surface area contributed by atoms with Gasteiger partial charge in [0.2, 0.25) is 5.96 Å². The lowest BCUT2D eigenvalue weighted by Crippen LogP contribution is -2.37. The number of benzene rings is 3. The Kier molecular flexibility index (Phi) is 8.43. The Labute approximate surface area is 220 Å². The number of hydrogen-bond donors (Lipinski definition) is 4. The molecule has 0 saturated heterocycles. The van der Waals surface area contributed by atoms with Crippen molar-refractivity contribution in [1.82, 2.24) is 5.32 Å². The first kappa shape index (κ1) is 28.2. The monoisotopic (exact) mass is 564 g/mol. The molecule has 0 spiro atoms. The highest BCUT2D eigenvalue weighted by atomic mass is 35.5. The second-order valence-electron chi connectivity index (χ2n) is 7.60. The van der Waals surface area contributed by atoms with E-state index in [1.54, 1.807) is 12.1 Å². The van der Waals surface area contributed by atoms with Crippen LogP contribution in [0.25, 0.3) is 0 Å². The number of rotatable bonds is 6. The van der Waals surface area contributed by atoms with Crippen LogP contribution in [0.3, 0.4) is 0 Å². The number of carbonyl (C=O) groups is 1. The molecular formula is C24H20ClF3N6O3S. The highest BCUT2D eigenvalue weighted by Gasteiger charge is 2.31. The number of aliphatic imine (C=N–C) groups is 1. The van der Waals surface area contributed by atoms with E-state index in [9.17, 15) is 26.4 Å². The Morgan fingerprint density at radius 1 is 0.921 bits per heavy atom. The Hall–Kier alpha value is -4.36. The van der Waals surface area contributed by atoms with Gasteiger partial charge in [0.25, 0.3) is 15.9 Å². The molecule has 0 unspecified atom stereocenters. The molecule has 0 bridgehead atoms. The summed E-state index contributed by atoms with van der Waals surface area (Å²) in [4.78, 5) is 16.5. The Balaban J connectivity index is 1.87. The summed E-state index contributed by atoms with van der Waals surface area (Å²) in [6, 6.07) is 16.6. The summed E-state index contributed by atoms with van der Waals surface area (Å²) < 4.78 is 67.3. The van der Waals surface area contributed by atoms with Gasteiger partial charge in [-0.3, -0.25) is 10.1 Å². The van der Waals surface area contributed by atoms with Crippen LogP contribution in [0.5, 0.6) is 0 Å². The smallest absolute Gasteiger partial charge is 0.399 e. The summed E-state index contributed by atoms with van der Waals surface area (Å²) in [6.07, 6.45) is -4.16. The number of guanidine groups is 1. The van der Waals surface area contributed by atoms with Crippen molar-refractivity contribution in [3.8, 4) is 0 Å². The number of hydrogen-bond acceptors (Lipinski definition) is 6. The highest BCUT2D eigenvalue weighted by molar-refractivity contribution is 7.90. The number of allylic oxidation sites excluding steroid dienone is 2. The van der Waals surface area contributed by atoms with Crippen molar-refractivity contribution in [3.63, 3.8) is 0 Å². The van der Waals surface area contributed by atoms with E-state index in [-0.39, 0.29) is 32.4 Å². The molecular weight excluding hydrogens is 545 g/mol. The molecule has 0 heterocycles. The summed E-state index contributed by atoms with van der Waals surface area (Å²) in [7, 11) is -4.22. The second kappa shape index (κ2) is 11.4. The molecule has 198 valence electrons. The van der Waals surface area contributed by atoms with Crippen molar-refractivity contribution in [3.05, 3.63) is 101 Å². The predicted octanol–water partition coefficient (Wildman–Crippen LogP) is 3.88. The van der Waals surface area contributed by atoms with E-state index in [0.717, 1.165) is 0 Å². The van der Waals surface area contributed by atoms with Crippen LogP contribution < -0.4 is 22.5 Å². The maximum absolute atomic E-state index is 13.1. The molecule has 3 aromatic rings. The molecule has 9 nitrogen and oxygen atoms in total. The predicted molar refractivity (Wildman–Crippen MR) is 140 cm³/mol.